The van der Waals surface area contributed by atoms with Crippen molar-refractivity contribution in [3.05, 3.63) is 29.8 Å². The van der Waals surface area contributed by atoms with Crippen LogP contribution in [0.2, 0.25) is 0 Å². The first-order valence-electron chi connectivity index (χ1n) is 11.5. The minimum Gasteiger partial charge on any atom is -0.508 e. The average molecular weight is 511 g/mol. The lowest BCUT2D eigenvalue weighted by atomic mass is 9.99. The van der Waals surface area contributed by atoms with Crippen molar-refractivity contribution in [3.8, 4) is 5.75 Å². The normalized spacial score (nSPS) is 14.6. The molecule has 35 heavy (non-hydrogen) atoms. The molecule has 0 radical (unpaired) electrons. The second-order valence-electron chi connectivity index (χ2n) is 9.12. The minimum atomic E-state index is -1.17. The highest BCUT2D eigenvalue weighted by Crippen LogP contribution is 2.13. The van der Waals surface area contributed by atoms with E-state index in [1.165, 1.54) is 12.1 Å². The van der Waals surface area contributed by atoms with Gasteiger partial charge in [0.05, 0.1) is 6.04 Å². The highest BCUT2D eigenvalue weighted by molar-refractivity contribution is 7.98. The van der Waals surface area contributed by atoms with Gasteiger partial charge in [-0.2, -0.15) is 11.8 Å². The Morgan fingerprint density at radius 3 is 1.91 bits per heavy atom. The maximum atomic E-state index is 13.2. The summed E-state index contributed by atoms with van der Waals surface area (Å²) < 4.78 is 0. The standard InChI is InChI=1S/C24H38N4O6S/c1-13(2)19(23(32)28-20(14(3)4)24(33)34)27-22(31)18(12-15-6-8-16(29)9-7-15)26-21(30)17(25)10-11-35-5/h6-9,13-14,17-20,29H,10-12,25H2,1-5H3,(H,26,30)(H,27,31)(H,28,32)(H,33,34). The number of carbonyl (C=O) groups excluding carboxylic acids is 3. The van der Waals surface area contributed by atoms with E-state index >= 15 is 0 Å². The van der Waals surface area contributed by atoms with Crippen molar-refractivity contribution in [1.29, 1.82) is 0 Å². The van der Waals surface area contributed by atoms with Crippen LogP contribution in [0, 0.1) is 11.8 Å². The first-order valence-corrected chi connectivity index (χ1v) is 12.9. The van der Waals surface area contributed by atoms with Gasteiger partial charge in [-0.05, 0) is 48.0 Å². The summed E-state index contributed by atoms with van der Waals surface area (Å²) in [6, 6.07) is 2.22. The number of nitrogens with one attached hydrogen (secondary N) is 3. The highest BCUT2D eigenvalue weighted by Gasteiger charge is 2.32. The van der Waals surface area contributed by atoms with Crippen molar-refractivity contribution >= 4 is 35.5 Å². The molecule has 0 bridgehead atoms. The maximum absolute atomic E-state index is 13.2. The lowest BCUT2D eigenvalue weighted by Gasteiger charge is -2.28. The number of nitrogens with two attached hydrogens (primary N) is 1. The molecule has 196 valence electrons. The van der Waals surface area contributed by atoms with Crippen molar-refractivity contribution in [2.45, 2.75) is 64.7 Å². The van der Waals surface area contributed by atoms with Crippen molar-refractivity contribution in [2.75, 3.05) is 12.0 Å². The van der Waals surface area contributed by atoms with Crippen LogP contribution in [-0.4, -0.2) is 70.1 Å². The molecule has 1 aromatic rings. The maximum Gasteiger partial charge on any atom is 0.326 e. The van der Waals surface area contributed by atoms with Gasteiger partial charge in [-0.3, -0.25) is 14.4 Å². The zero-order valence-corrected chi connectivity index (χ0v) is 21.7. The first kappa shape index (κ1) is 30.2. The largest absolute Gasteiger partial charge is 0.508 e. The molecule has 0 aliphatic heterocycles. The predicted molar refractivity (Wildman–Crippen MR) is 136 cm³/mol. The Hall–Kier alpha value is -2.79. The Bertz CT molecular complexity index is 862. The fourth-order valence-corrected chi connectivity index (χ4v) is 3.77. The minimum absolute atomic E-state index is 0.0626. The van der Waals surface area contributed by atoms with E-state index in [1.807, 2.05) is 6.26 Å². The summed E-state index contributed by atoms with van der Waals surface area (Å²) >= 11 is 1.55. The van der Waals surface area contributed by atoms with Gasteiger partial charge in [0.1, 0.15) is 23.9 Å². The molecule has 0 fully saturated rings. The number of benzene rings is 1. The number of carboxylic acid groups (broad SMARTS) is 1. The molecule has 0 aliphatic rings. The lowest BCUT2D eigenvalue weighted by Crippen LogP contribution is -2.59. The van der Waals surface area contributed by atoms with Crippen molar-refractivity contribution in [2.24, 2.45) is 17.6 Å². The average Bonchev–Trinajstić information content (AvgIpc) is 2.79. The van der Waals surface area contributed by atoms with Crippen LogP contribution in [0.25, 0.3) is 0 Å². The predicted octanol–water partition coefficient (Wildman–Crippen LogP) is 0.866. The molecule has 1 rings (SSSR count). The number of phenolic OH excluding ortho intramolecular Hbond substituents is 1. The van der Waals surface area contributed by atoms with E-state index < -0.39 is 47.9 Å². The molecule has 0 saturated heterocycles. The number of rotatable bonds is 14. The quantitative estimate of drug-likeness (QED) is 0.214. The van der Waals surface area contributed by atoms with Crippen LogP contribution < -0.4 is 21.7 Å². The zero-order valence-electron chi connectivity index (χ0n) is 20.9. The Kier molecular flexibility index (Phi) is 12.6. The van der Waals surface area contributed by atoms with E-state index in [2.05, 4.69) is 16.0 Å². The van der Waals surface area contributed by atoms with Gasteiger partial charge in [-0.25, -0.2) is 4.79 Å². The first-order chi connectivity index (χ1) is 16.4. The molecular formula is C24H38N4O6S. The highest BCUT2D eigenvalue weighted by atomic mass is 32.2. The summed E-state index contributed by atoms with van der Waals surface area (Å²) in [5.41, 5.74) is 6.64. The summed E-state index contributed by atoms with van der Waals surface area (Å²) in [5.74, 6) is -2.85. The fourth-order valence-electron chi connectivity index (χ4n) is 3.28. The SMILES string of the molecule is CSCCC(N)C(=O)NC(Cc1ccc(O)cc1)C(=O)NC(C(=O)NC(C(=O)O)C(C)C)C(C)C. The number of aliphatic carboxylic acids is 1. The molecule has 0 aliphatic carbocycles. The number of hydrogen-bond acceptors (Lipinski definition) is 7. The molecule has 0 heterocycles. The van der Waals surface area contributed by atoms with Crippen LogP contribution in [0.4, 0.5) is 0 Å². The number of carbonyl (C=O) groups is 4. The van der Waals surface area contributed by atoms with Gasteiger partial charge in [-0.15, -0.1) is 0 Å². The van der Waals surface area contributed by atoms with Crippen molar-refractivity contribution in [3.63, 3.8) is 0 Å². The van der Waals surface area contributed by atoms with Crippen molar-refractivity contribution < 1.29 is 29.4 Å². The number of thioether (sulfide) groups is 1. The molecule has 3 amide bonds. The molecular weight excluding hydrogens is 472 g/mol. The van der Waals surface area contributed by atoms with Gasteiger partial charge in [-0.1, -0.05) is 39.8 Å². The van der Waals surface area contributed by atoms with E-state index in [1.54, 1.807) is 51.6 Å². The molecule has 11 heteroatoms. The number of phenols is 1. The van der Waals surface area contributed by atoms with Gasteiger partial charge in [0.25, 0.3) is 0 Å². The Balaban J connectivity index is 3.09. The third-order valence-corrected chi connectivity index (χ3v) is 6.10. The Labute approximate surface area is 210 Å². The van der Waals surface area contributed by atoms with Gasteiger partial charge in [0.2, 0.25) is 17.7 Å². The van der Waals surface area contributed by atoms with Crippen LogP contribution >= 0.6 is 11.8 Å². The molecule has 0 spiro atoms. The number of amides is 3. The zero-order chi connectivity index (χ0) is 26.7. The van der Waals surface area contributed by atoms with Crippen LogP contribution in [-0.2, 0) is 25.6 Å². The summed E-state index contributed by atoms with van der Waals surface area (Å²) in [6.45, 7) is 6.79. The number of carboxylic acids is 1. The van der Waals surface area contributed by atoms with E-state index in [-0.39, 0.29) is 24.0 Å². The topological polar surface area (TPSA) is 171 Å². The molecule has 4 unspecified atom stereocenters. The van der Waals surface area contributed by atoms with Crippen LogP contribution in [0.5, 0.6) is 5.75 Å². The van der Waals surface area contributed by atoms with E-state index in [9.17, 15) is 29.4 Å². The molecule has 4 atom stereocenters. The van der Waals surface area contributed by atoms with Crippen molar-refractivity contribution in [1.82, 2.24) is 16.0 Å². The molecule has 7 N–H and O–H groups in total. The fraction of sp³-hybridized carbons (Fsp3) is 0.583. The summed E-state index contributed by atoms with van der Waals surface area (Å²) in [6.07, 6.45) is 2.43. The Morgan fingerprint density at radius 2 is 1.43 bits per heavy atom. The Morgan fingerprint density at radius 1 is 0.886 bits per heavy atom. The van der Waals surface area contributed by atoms with Gasteiger partial charge < -0.3 is 31.9 Å². The summed E-state index contributed by atoms with van der Waals surface area (Å²) in [7, 11) is 0. The number of aromatic hydroxyl groups is 1. The van der Waals surface area contributed by atoms with Gasteiger partial charge in [0, 0.05) is 6.42 Å². The monoisotopic (exact) mass is 510 g/mol. The second-order valence-corrected chi connectivity index (χ2v) is 10.1. The summed E-state index contributed by atoms with van der Waals surface area (Å²) in [5, 5.41) is 26.8. The van der Waals surface area contributed by atoms with E-state index in [0.29, 0.717) is 17.7 Å². The summed E-state index contributed by atoms with van der Waals surface area (Å²) in [4.78, 5) is 50.3. The molecule has 1 aromatic carbocycles. The van der Waals surface area contributed by atoms with E-state index in [4.69, 9.17) is 5.73 Å². The lowest BCUT2D eigenvalue weighted by molar-refractivity contribution is -0.143. The second kappa shape index (κ2) is 14.6. The molecule has 0 saturated carbocycles. The van der Waals surface area contributed by atoms with E-state index in [0.717, 1.165) is 0 Å². The van der Waals surface area contributed by atoms with Gasteiger partial charge in [0.15, 0.2) is 0 Å². The molecule has 10 nitrogen and oxygen atoms in total. The third-order valence-electron chi connectivity index (χ3n) is 5.46. The molecule has 0 aromatic heterocycles. The third kappa shape index (κ3) is 10.2. The van der Waals surface area contributed by atoms with Gasteiger partial charge >= 0.3 is 5.97 Å². The smallest absolute Gasteiger partial charge is 0.326 e. The van der Waals surface area contributed by atoms with Crippen LogP contribution in [0.3, 0.4) is 0 Å². The van der Waals surface area contributed by atoms with Crippen LogP contribution in [0.1, 0.15) is 39.7 Å². The number of hydrogen-bond donors (Lipinski definition) is 6. The van der Waals surface area contributed by atoms with Crippen LogP contribution in [0.15, 0.2) is 24.3 Å².